The van der Waals surface area contributed by atoms with E-state index in [-0.39, 0.29) is 12.1 Å². The Bertz CT molecular complexity index is 476. The molecule has 0 aromatic carbocycles. The van der Waals surface area contributed by atoms with Crippen LogP contribution in [0.3, 0.4) is 0 Å². The monoisotopic (exact) mass is 293 g/mol. The van der Waals surface area contributed by atoms with Gasteiger partial charge in [-0.2, -0.15) is 0 Å². The zero-order valence-electron chi connectivity index (χ0n) is 13.6. The third kappa shape index (κ3) is 3.99. The zero-order valence-corrected chi connectivity index (χ0v) is 13.6. The predicted molar refractivity (Wildman–Crippen MR) is 82.1 cm³/mol. The topological polar surface area (TPSA) is 47.4 Å². The minimum atomic E-state index is -0.456. The summed E-state index contributed by atoms with van der Waals surface area (Å²) in [5.41, 5.74) is 0.672. The number of imidazole rings is 1. The highest BCUT2D eigenvalue weighted by Crippen LogP contribution is 2.32. The van der Waals surface area contributed by atoms with Gasteiger partial charge in [-0.05, 0) is 46.5 Å². The van der Waals surface area contributed by atoms with E-state index in [1.165, 1.54) is 0 Å². The second-order valence-corrected chi connectivity index (χ2v) is 6.70. The molecular formula is C16H27N3O2. The Morgan fingerprint density at radius 2 is 2.19 bits per heavy atom. The normalized spacial score (nSPS) is 19.6. The van der Waals surface area contributed by atoms with Gasteiger partial charge >= 0.3 is 6.09 Å². The van der Waals surface area contributed by atoms with Gasteiger partial charge in [-0.15, -0.1) is 0 Å². The number of hydrogen-bond acceptors (Lipinski definition) is 3. The fourth-order valence-corrected chi connectivity index (χ4v) is 2.81. The predicted octanol–water partition coefficient (Wildman–Crippen LogP) is 3.76. The van der Waals surface area contributed by atoms with Crippen LogP contribution in [0, 0.1) is 0 Å². The number of carbonyl (C=O) groups excluding carboxylic acids is 1. The maximum atomic E-state index is 12.5. The first-order valence-corrected chi connectivity index (χ1v) is 7.92. The van der Waals surface area contributed by atoms with Crippen molar-refractivity contribution < 1.29 is 9.53 Å². The van der Waals surface area contributed by atoms with Crippen LogP contribution >= 0.6 is 0 Å². The van der Waals surface area contributed by atoms with Gasteiger partial charge in [0.2, 0.25) is 0 Å². The molecule has 5 nitrogen and oxygen atoms in total. The van der Waals surface area contributed by atoms with Crippen molar-refractivity contribution in [3.8, 4) is 0 Å². The Balaban J connectivity index is 2.18. The van der Waals surface area contributed by atoms with Crippen molar-refractivity contribution in [2.24, 2.45) is 0 Å². The SMILES string of the molecule is CCCn1cncc1C1CCCCN1C(=O)OC(C)(C)C. The molecule has 0 spiro atoms. The molecule has 0 aliphatic carbocycles. The summed E-state index contributed by atoms with van der Waals surface area (Å²) in [6.07, 6.45) is 7.76. The molecule has 0 saturated carbocycles. The Morgan fingerprint density at radius 3 is 2.86 bits per heavy atom. The summed E-state index contributed by atoms with van der Waals surface area (Å²) in [5.74, 6) is 0. The van der Waals surface area contributed by atoms with Gasteiger partial charge in [0, 0.05) is 13.1 Å². The second-order valence-electron chi connectivity index (χ2n) is 6.70. The molecule has 5 heteroatoms. The van der Waals surface area contributed by atoms with Gasteiger partial charge < -0.3 is 9.30 Å². The van der Waals surface area contributed by atoms with E-state index < -0.39 is 5.60 Å². The van der Waals surface area contributed by atoms with Crippen molar-refractivity contribution in [1.82, 2.24) is 14.5 Å². The van der Waals surface area contributed by atoms with E-state index in [9.17, 15) is 4.79 Å². The Hall–Kier alpha value is -1.52. The fraction of sp³-hybridized carbons (Fsp3) is 0.750. The lowest BCUT2D eigenvalue weighted by Gasteiger charge is -2.37. The molecule has 0 N–H and O–H groups in total. The summed E-state index contributed by atoms with van der Waals surface area (Å²) >= 11 is 0. The van der Waals surface area contributed by atoms with Crippen molar-refractivity contribution in [3.63, 3.8) is 0 Å². The lowest BCUT2D eigenvalue weighted by atomic mass is 10.00. The van der Waals surface area contributed by atoms with Crippen LogP contribution < -0.4 is 0 Å². The molecular weight excluding hydrogens is 266 g/mol. The number of aromatic nitrogens is 2. The van der Waals surface area contributed by atoms with Crippen molar-refractivity contribution in [1.29, 1.82) is 0 Å². The summed E-state index contributed by atoms with van der Waals surface area (Å²) in [6.45, 7) is 9.57. The average molecular weight is 293 g/mol. The number of amides is 1. The Kier molecular flexibility index (Phi) is 4.91. The standard InChI is InChI=1S/C16H27N3O2/c1-5-9-18-12-17-11-14(18)13-8-6-7-10-19(13)15(20)21-16(2,3)4/h11-13H,5-10H2,1-4H3. The number of rotatable bonds is 3. The molecule has 1 aliphatic rings. The molecule has 118 valence electrons. The van der Waals surface area contributed by atoms with Crippen molar-refractivity contribution in [2.45, 2.75) is 71.6 Å². The van der Waals surface area contributed by atoms with Gasteiger partial charge in [0.1, 0.15) is 5.60 Å². The highest BCUT2D eigenvalue weighted by molar-refractivity contribution is 5.69. The van der Waals surface area contributed by atoms with Gasteiger partial charge in [-0.1, -0.05) is 6.92 Å². The van der Waals surface area contributed by atoms with Gasteiger partial charge in [0.25, 0.3) is 0 Å². The van der Waals surface area contributed by atoms with Crippen LogP contribution in [0.5, 0.6) is 0 Å². The van der Waals surface area contributed by atoms with E-state index in [1.54, 1.807) is 0 Å². The van der Waals surface area contributed by atoms with Crippen molar-refractivity contribution in [3.05, 3.63) is 18.2 Å². The molecule has 1 aliphatic heterocycles. The van der Waals surface area contributed by atoms with E-state index >= 15 is 0 Å². The van der Waals surface area contributed by atoms with E-state index in [1.807, 2.05) is 38.2 Å². The number of carbonyl (C=O) groups is 1. The molecule has 21 heavy (non-hydrogen) atoms. The van der Waals surface area contributed by atoms with E-state index in [4.69, 9.17) is 4.74 Å². The van der Waals surface area contributed by atoms with Crippen molar-refractivity contribution >= 4 is 6.09 Å². The number of nitrogens with zero attached hydrogens (tertiary/aromatic N) is 3. The molecule has 1 atom stereocenters. The minimum absolute atomic E-state index is 0.0858. The first kappa shape index (κ1) is 15.9. The maximum absolute atomic E-state index is 12.5. The molecule has 2 rings (SSSR count). The summed E-state index contributed by atoms with van der Waals surface area (Å²) in [4.78, 5) is 18.6. The third-order valence-electron chi connectivity index (χ3n) is 3.68. The van der Waals surface area contributed by atoms with E-state index in [0.29, 0.717) is 0 Å². The van der Waals surface area contributed by atoms with E-state index in [2.05, 4.69) is 16.5 Å². The van der Waals surface area contributed by atoms with Crippen LogP contribution in [-0.2, 0) is 11.3 Å². The molecule has 2 heterocycles. The number of hydrogen-bond donors (Lipinski definition) is 0. The van der Waals surface area contributed by atoms with Gasteiger partial charge in [-0.3, -0.25) is 4.90 Å². The third-order valence-corrected chi connectivity index (χ3v) is 3.68. The highest BCUT2D eigenvalue weighted by Gasteiger charge is 2.32. The minimum Gasteiger partial charge on any atom is -0.444 e. The summed E-state index contributed by atoms with van der Waals surface area (Å²) in [6, 6.07) is 0.0858. The summed E-state index contributed by atoms with van der Waals surface area (Å²) in [5, 5.41) is 0. The molecule has 1 saturated heterocycles. The second kappa shape index (κ2) is 6.50. The number of piperidine rings is 1. The lowest BCUT2D eigenvalue weighted by molar-refractivity contribution is 0.00859. The molecule has 1 aromatic rings. The van der Waals surface area contributed by atoms with Crippen LogP contribution in [-0.4, -0.2) is 32.7 Å². The molecule has 1 aromatic heterocycles. The lowest BCUT2D eigenvalue weighted by Crippen LogP contribution is -2.42. The van der Waals surface area contributed by atoms with Crippen LogP contribution in [0.1, 0.15) is 65.1 Å². The number of ether oxygens (including phenoxy) is 1. The molecule has 1 amide bonds. The Morgan fingerprint density at radius 1 is 1.43 bits per heavy atom. The number of likely N-dealkylation sites (tertiary alicyclic amines) is 1. The fourth-order valence-electron chi connectivity index (χ4n) is 2.81. The molecule has 0 radical (unpaired) electrons. The maximum Gasteiger partial charge on any atom is 0.410 e. The summed E-state index contributed by atoms with van der Waals surface area (Å²) < 4.78 is 7.72. The van der Waals surface area contributed by atoms with Crippen LogP contribution in [0.4, 0.5) is 4.79 Å². The molecule has 1 unspecified atom stereocenters. The van der Waals surface area contributed by atoms with Crippen LogP contribution in [0.25, 0.3) is 0 Å². The molecule has 0 bridgehead atoms. The summed E-state index contributed by atoms with van der Waals surface area (Å²) in [7, 11) is 0. The van der Waals surface area contributed by atoms with Crippen LogP contribution in [0.15, 0.2) is 12.5 Å². The van der Waals surface area contributed by atoms with E-state index in [0.717, 1.165) is 44.5 Å². The van der Waals surface area contributed by atoms with Crippen molar-refractivity contribution in [2.75, 3.05) is 6.54 Å². The Labute approximate surface area is 127 Å². The quantitative estimate of drug-likeness (QED) is 0.852. The first-order chi connectivity index (χ1) is 9.92. The average Bonchev–Trinajstić information content (AvgIpc) is 2.85. The van der Waals surface area contributed by atoms with Gasteiger partial charge in [-0.25, -0.2) is 9.78 Å². The molecule has 1 fully saturated rings. The smallest absolute Gasteiger partial charge is 0.410 e. The van der Waals surface area contributed by atoms with Gasteiger partial charge in [0.05, 0.1) is 24.3 Å². The highest BCUT2D eigenvalue weighted by atomic mass is 16.6. The first-order valence-electron chi connectivity index (χ1n) is 7.92. The zero-order chi connectivity index (χ0) is 15.5. The number of aryl methyl sites for hydroxylation is 1. The van der Waals surface area contributed by atoms with Gasteiger partial charge in [0.15, 0.2) is 0 Å². The largest absolute Gasteiger partial charge is 0.444 e. The van der Waals surface area contributed by atoms with Crippen LogP contribution in [0.2, 0.25) is 0 Å².